The molecule has 0 atom stereocenters. The minimum absolute atomic E-state index is 0.0133. The Kier molecular flexibility index (Phi) is 7.06. The molecule has 1 aromatic rings. The summed E-state index contributed by atoms with van der Waals surface area (Å²) in [6.45, 7) is 2.40. The van der Waals surface area contributed by atoms with Gasteiger partial charge in [-0.05, 0) is 13.2 Å². The van der Waals surface area contributed by atoms with Crippen LogP contribution in [0.1, 0.15) is 6.92 Å². The van der Waals surface area contributed by atoms with Crippen molar-refractivity contribution >= 4 is 46.7 Å². The highest BCUT2D eigenvalue weighted by Crippen LogP contribution is 2.26. The van der Waals surface area contributed by atoms with E-state index in [4.69, 9.17) is 0 Å². The molecule has 1 rings (SSSR count). The lowest BCUT2D eigenvalue weighted by Crippen LogP contribution is -2.37. The van der Waals surface area contributed by atoms with Gasteiger partial charge in [-0.25, -0.2) is 0 Å². The second-order valence-corrected chi connectivity index (χ2v) is 6.31. The Labute approximate surface area is 118 Å². The molecule has 1 aromatic heterocycles. The molecular formula is C9H14N4O2S3. The summed E-state index contributed by atoms with van der Waals surface area (Å²) in [5.41, 5.74) is 0. The van der Waals surface area contributed by atoms with Gasteiger partial charge >= 0.3 is 0 Å². The van der Waals surface area contributed by atoms with Crippen LogP contribution in [0.15, 0.2) is 8.68 Å². The molecule has 0 bridgehead atoms. The molecule has 0 spiro atoms. The Bertz CT molecular complexity index is 410. The van der Waals surface area contributed by atoms with E-state index < -0.39 is 0 Å². The molecule has 0 aliphatic heterocycles. The summed E-state index contributed by atoms with van der Waals surface area (Å²) in [6.07, 6.45) is 1.92. The molecule has 18 heavy (non-hydrogen) atoms. The maximum Gasteiger partial charge on any atom is 0.239 e. The minimum Gasteiger partial charge on any atom is -0.355 e. The lowest BCUT2D eigenvalue weighted by Gasteiger charge is -2.03. The highest BCUT2D eigenvalue weighted by molar-refractivity contribution is 8.03. The Hall–Kier alpha value is -0.800. The fraction of sp³-hybridized carbons (Fsp3) is 0.556. The number of thioether (sulfide) groups is 2. The van der Waals surface area contributed by atoms with Crippen LogP contribution in [0.25, 0.3) is 0 Å². The average Bonchev–Trinajstić information content (AvgIpc) is 2.82. The number of carbonyl (C=O) groups excluding carboxylic acids is 2. The standard InChI is InChI=1S/C9H14N4O2S3/c1-3-10-6(14)4-11-7(15)5-17-9-13-12-8(16-2)18-9/h3-5H2,1-2H3,(H,10,14)(H,11,15). The number of rotatable bonds is 7. The van der Waals surface area contributed by atoms with Gasteiger partial charge in [0.05, 0.1) is 12.3 Å². The maximum absolute atomic E-state index is 11.4. The quantitative estimate of drug-likeness (QED) is 0.718. The van der Waals surface area contributed by atoms with E-state index in [9.17, 15) is 9.59 Å². The SMILES string of the molecule is CCNC(=O)CNC(=O)CSc1nnc(SC)s1. The zero-order valence-electron chi connectivity index (χ0n) is 10.1. The molecule has 0 unspecified atom stereocenters. The average molecular weight is 306 g/mol. The summed E-state index contributed by atoms with van der Waals surface area (Å²) in [5.74, 6) is -0.133. The van der Waals surface area contributed by atoms with Gasteiger partial charge in [-0.1, -0.05) is 34.9 Å². The van der Waals surface area contributed by atoms with Crippen molar-refractivity contribution in [3.05, 3.63) is 0 Å². The predicted octanol–water partition coefficient (Wildman–Crippen LogP) is 0.604. The van der Waals surface area contributed by atoms with Gasteiger partial charge in [0.1, 0.15) is 0 Å². The van der Waals surface area contributed by atoms with E-state index in [1.54, 1.807) is 0 Å². The third-order valence-electron chi connectivity index (χ3n) is 1.71. The fourth-order valence-electron chi connectivity index (χ4n) is 0.955. The first-order valence-electron chi connectivity index (χ1n) is 5.19. The third-order valence-corrected chi connectivity index (χ3v) is 4.74. The number of amides is 2. The van der Waals surface area contributed by atoms with Crippen LogP contribution in [-0.2, 0) is 9.59 Å². The van der Waals surface area contributed by atoms with E-state index in [0.29, 0.717) is 6.54 Å². The number of aromatic nitrogens is 2. The van der Waals surface area contributed by atoms with E-state index in [1.807, 2.05) is 13.2 Å². The van der Waals surface area contributed by atoms with Crippen molar-refractivity contribution in [1.82, 2.24) is 20.8 Å². The number of nitrogens with zero attached hydrogens (tertiary/aromatic N) is 2. The van der Waals surface area contributed by atoms with Gasteiger partial charge < -0.3 is 10.6 Å². The fourth-order valence-corrected chi connectivity index (χ4v) is 3.22. The van der Waals surface area contributed by atoms with E-state index in [2.05, 4.69) is 20.8 Å². The third kappa shape index (κ3) is 5.69. The van der Waals surface area contributed by atoms with Crippen LogP contribution in [0, 0.1) is 0 Å². The van der Waals surface area contributed by atoms with Gasteiger partial charge in [-0.15, -0.1) is 10.2 Å². The largest absolute Gasteiger partial charge is 0.355 e. The summed E-state index contributed by atoms with van der Waals surface area (Å²) in [6, 6.07) is 0. The van der Waals surface area contributed by atoms with Crippen molar-refractivity contribution in [2.45, 2.75) is 15.6 Å². The molecule has 2 amide bonds. The molecular weight excluding hydrogens is 292 g/mol. The number of carbonyl (C=O) groups is 2. The topological polar surface area (TPSA) is 84.0 Å². The Morgan fingerprint density at radius 3 is 2.56 bits per heavy atom. The smallest absolute Gasteiger partial charge is 0.239 e. The predicted molar refractivity (Wildman–Crippen MR) is 74.1 cm³/mol. The lowest BCUT2D eigenvalue weighted by molar-refractivity contribution is -0.124. The summed E-state index contributed by atoms with van der Waals surface area (Å²) in [4.78, 5) is 22.5. The highest BCUT2D eigenvalue weighted by atomic mass is 32.2. The van der Waals surface area contributed by atoms with E-state index >= 15 is 0 Å². The Morgan fingerprint density at radius 1 is 1.22 bits per heavy atom. The van der Waals surface area contributed by atoms with Crippen molar-refractivity contribution in [1.29, 1.82) is 0 Å². The second kappa shape index (κ2) is 8.33. The maximum atomic E-state index is 11.4. The minimum atomic E-state index is -0.188. The molecule has 9 heteroatoms. The van der Waals surface area contributed by atoms with Crippen molar-refractivity contribution < 1.29 is 9.59 Å². The van der Waals surface area contributed by atoms with Gasteiger partial charge in [0.15, 0.2) is 8.68 Å². The van der Waals surface area contributed by atoms with Crippen LogP contribution < -0.4 is 10.6 Å². The number of hydrogen-bond acceptors (Lipinski definition) is 7. The van der Waals surface area contributed by atoms with Crippen molar-refractivity contribution in [3.8, 4) is 0 Å². The van der Waals surface area contributed by atoms with Gasteiger partial charge in [0.2, 0.25) is 11.8 Å². The Balaban J connectivity index is 2.22. The molecule has 0 aliphatic carbocycles. The van der Waals surface area contributed by atoms with Crippen LogP contribution in [-0.4, -0.2) is 47.1 Å². The van der Waals surface area contributed by atoms with Gasteiger partial charge in [-0.3, -0.25) is 9.59 Å². The lowest BCUT2D eigenvalue weighted by atomic mass is 10.5. The molecule has 0 aliphatic rings. The zero-order valence-corrected chi connectivity index (χ0v) is 12.5. The second-order valence-electron chi connectivity index (χ2n) is 3.06. The first-order chi connectivity index (χ1) is 8.65. The molecule has 2 N–H and O–H groups in total. The van der Waals surface area contributed by atoms with Crippen LogP contribution in [0.4, 0.5) is 0 Å². The zero-order chi connectivity index (χ0) is 13.4. The van der Waals surface area contributed by atoms with Crippen molar-refractivity contribution in [2.24, 2.45) is 0 Å². The van der Waals surface area contributed by atoms with Crippen molar-refractivity contribution in [3.63, 3.8) is 0 Å². The molecule has 6 nitrogen and oxygen atoms in total. The summed E-state index contributed by atoms with van der Waals surface area (Å²) in [5, 5.41) is 13.0. The summed E-state index contributed by atoms with van der Waals surface area (Å²) < 4.78 is 1.63. The van der Waals surface area contributed by atoms with Crippen LogP contribution in [0.3, 0.4) is 0 Å². The normalized spacial score (nSPS) is 10.1. The molecule has 0 radical (unpaired) electrons. The van der Waals surface area contributed by atoms with Crippen molar-refractivity contribution in [2.75, 3.05) is 25.1 Å². The van der Waals surface area contributed by atoms with Gasteiger partial charge in [-0.2, -0.15) is 0 Å². The number of likely N-dealkylation sites (N-methyl/N-ethyl adjacent to an activating group) is 1. The van der Waals surface area contributed by atoms with E-state index in [-0.39, 0.29) is 24.1 Å². The highest BCUT2D eigenvalue weighted by Gasteiger charge is 2.08. The van der Waals surface area contributed by atoms with Gasteiger partial charge in [0, 0.05) is 6.54 Å². The molecule has 100 valence electrons. The van der Waals surface area contributed by atoms with Crippen LogP contribution in [0.5, 0.6) is 0 Å². The molecule has 0 saturated carbocycles. The molecule has 1 heterocycles. The monoisotopic (exact) mass is 306 g/mol. The van der Waals surface area contributed by atoms with E-state index in [1.165, 1.54) is 34.9 Å². The number of nitrogens with one attached hydrogen (secondary N) is 2. The molecule has 0 saturated heterocycles. The molecule has 0 fully saturated rings. The Morgan fingerprint density at radius 2 is 1.94 bits per heavy atom. The summed E-state index contributed by atoms with van der Waals surface area (Å²) in [7, 11) is 0. The summed E-state index contributed by atoms with van der Waals surface area (Å²) >= 11 is 4.29. The number of hydrogen-bond donors (Lipinski definition) is 2. The van der Waals surface area contributed by atoms with E-state index in [0.717, 1.165) is 8.68 Å². The van der Waals surface area contributed by atoms with Crippen LogP contribution in [0.2, 0.25) is 0 Å². The van der Waals surface area contributed by atoms with Gasteiger partial charge in [0.25, 0.3) is 0 Å². The first kappa shape index (κ1) is 15.3. The van der Waals surface area contributed by atoms with Crippen LogP contribution >= 0.6 is 34.9 Å². The first-order valence-corrected chi connectivity index (χ1v) is 8.22. The molecule has 0 aromatic carbocycles.